The molecule has 0 saturated carbocycles. The van der Waals surface area contributed by atoms with Crippen LogP contribution < -0.4 is 0 Å². The fourth-order valence-corrected chi connectivity index (χ4v) is 3.48. The number of piperidine rings is 1. The van der Waals surface area contributed by atoms with Gasteiger partial charge in [-0.15, -0.1) is 0 Å². The van der Waals surface area contributed by atoms with Gasteiger partial charge in [-0.2, -0.15) is 0 Å². The molecule has 4 nitrogen and oxygen atoms in total. The summed E-state index contributed by atoms with van der Waals surface area (Å²) in [6.45, 7) is 7.01. The van der Waals surface area contributed by atoms with Crippen molar-refractivity contribution in [2.24, 2.45) is 0 Å². The maximum Gasteiger partial charge on any atom is 0.122 e. The number of likely N-dealkylation sites (tertiary alicyclic amines) is 1. The van der Waals surface area contributed by atoms with Crippen LogP contribution in [-0.2, 0) is 17.8 Å². The third-order valence-corrected chi connectivity index (χ3v) is 4.72. The minimum atomic E-state index is 0.644. The van der Waals surface area contributed by atoms with Crippen LogP contribution in [0.2, 0.25) is 0 Å². The molecule has 1 aliphatic heterocycles. The zero-order chi connectivity index (χ0) is 16.1. The molecule has 0 N–H and O–H groups in total. The number of aryl methyl sites for hydroxylation is 1. The highest BCUT2D eigenvalue weighted by Crippen LogP contribution is 2.28. The molecule has 23 heavy (non-hydrogen) atoms. The Labute approximate surface area is 139 Å². The van der Waals surface area contributed by atoms with E-state index in [4.69, 9.17) is 4.74 Å². The van der Waals surface area contributed by atoms with Crippen molar-refractivity contribution in [2.75, 3.05) is 26.8 Å². The SMILES string of the molecule is COCCn1ccnc1CN1CCC[C@@H](c2cccc(C)c2)C1. The average molecular weight is 313 g/mol. The average Bonchev–Trinajstić information content (AvgIpc) is 3.00. The van der Waals surface area contributed by atoms with Crippen molar-refractivity contribution in [3.63, 3.8) is 0 Å². The second-order valence-corrected chi connectivity index (χ2v) is 6.52. The lowest BCUT2D eigenvalue weighted by Crippen LogP contribution is -2.34. The van der Waals surface area contributed by atoms with Crippen LogP contribution >= 0.6 is 0 Å². The maximum absolute atomic E-state index is 5.18. The Kier molecular flexibility index (Phi) is 5.47. The van der Waals surface area contributed by atoms with Crippen molar-refractivity contribution in [2.45, 2.75) is 38.8 Å². The molecule has 0 amide bonds. The number of ether oxygens (including phenoxy) is 1. The molecule has 2 heterocycles. The Morgan fingerprint density at radius 2 is 2.26 bits per heavy atom. The van der Waals surface area contributed by atoms with E-state index in [1.807, 2.05) is 6.20 Å². The standard InChI is InChI=1S/C19H27N3O/c1-16-5-3-6-17(13-16)18-7-4-9-21(14-18)15-19-20-8-10-22(19)11-12-23-2/h3,5-6,8,10,13,18H,4,7,9,11-12,14-15H2,1-2H3/t18-/m1/s1. The first-order valence-electron chi connectivity index (χ1n) is 8.54. The van der Waals surface area contributed by atoms with Gasteiger partial charge in [0.05, 0.1) is 13.2 Å². The lowest BCUT2D eigenvalue weighted by Gasteiger charge is -2.33. The van der Waals surface area contributed by atoms with E-state index < -0.39 is 0 Å². The Hall–Kier alpha value is -1.65. The lowest BCUT2D eigenvalue weighted by molar-refractivity contribution is 0.176. The highest BCUT2D eigenvalue weighted by atomic mass is 16.5. The fraction of sp³-hybridized carbons (Fsp3) is 0.526. The summed E-state index contributed by atoms with van der Waals surface area (Å²) in [4.78, 5) is 7.08. The lowest BCUT2D eigenvalue weighted by atomic mass is 9.90. The van der Waals surface area contributed by atoms with Crippen LogP contribution in [-0.4, -0.2) is 41.3 Å². The summed E-state index contributed by atoms with van der Waals surface area (Å²) in [5.41, 5.74) is 2.84. The van der Waals surface area contributed by atoms with Gasteiger partial charge in [0, 0.05) is 32.6 Å². The van der Waals surface area contributed by atoms with E-state index in [0.717, 1.165) is 32.1 Å². The monoisotopic (exact) mass is 313 g/mol. The molecule has 1 atom stereocenters. The van der Waals surface area contributed by atoms with E-state index in [9.17, 15) is 0 Å². The molecular weight excluding hydrogens is 286 g/mol. The molecule has 1 aromatic heterocycles. The maximum atomic E-state index is 5.18. The molecule has 3 rings (SSSR count). The summed E-state index contributed by atoms with van der Waals surface area (Å²) in [7, 11) is 1.74. The van der Waals surface area contributed by atoms with Crippen LogP contribution in [0.15, 0.2) is 36.7 Å². The molecule has 0 radical (unpaired) electrons. The minimum Gasteiger partial charge on any atom is -0.383 e. The summed E-state index contributed by atoms with van der Waals surface area (Å²) < 4.78 is 7.39. The van der Waals surface area contributed by atoms with E-state index in [1.54, 1.807) is 7.11 Å². The van der Waals surface area contributed by atoms with Crippen molar-refractivity contribution in [1.82, 2.24) is 14.5 Å². The minimum absolute atomic E-state index is 0.644. The van der Waals surface area contributed by atoms with Gasteiger partial charge in [-0.05, 0) is 37.8 Å². The van der Waals surface area contributed by atoms with Crippen molar-refractivity contribution in [1.29, 1.82) is 0 Å². The summed E-state index contributed by atoms with van der Waals surface area (Å²) in [6.07, 6.45) is 6.50. The van der Waals surface area contributed by atoms with Gasteiger partial charge in [0.2, 0.25) is 0 Å². The van der Waals surface area contributed by atoms with Crippen LogP contribution in [0, 0.1) is 6.92 Å². The summed E-state index contributed by atoms with van der Waals surface area (Å²) in [6, 6.07) is 8.98. The van der Waals surface area contributed by atoms with E-state index in [1.165, 1.54) is 30.5 Å². The number of aromatic nitrogens is 2. The van der Waals surface area contributed by atoms with E-state index in [2.05, 4.69) is 51.8 Å². The highest BCUT2D eigenvalue weighted by Gasteiger charge is 2.22. The Morgan fingerprint density at radius 3 is 3.09 bits per heavy atom. The van der Waals surface area contributed by atoms with Crippen LogP contribution in [0.5, 0.6) is 0 Å². The molecule has 1 aliphatic rings. The third kappa shape index (κ3) is 4.21. The Morgan fingerprint density at radius 1 is 1.35 bits per heavy atom. The predicted molar refractivity (Wildman–Crippen MR) is 92.5 cm³/mol. The fourth-order valence-electron chi connectivity index (χ4n) is 3.48. The van der Waals surface area contributed by atoms with Gasteiger partial charge in [0.25, 0.3) is 0 Å². The topological polar surface area (TPSA) is 30.3 Å². The molecule has 0 spiro atoms. The van der Waals surface area contributed by atoms with Crippen molar-refractivity contribution >= 4 is 0 Å². The zero-order valence-corrected chi connectivity index (χ0v) is 14.2. The molecule has 0 bridgehead atoms. The first-order valence-corrected chi connectivity index (χ1v) is 8.54. The Bertz CT molecular complexity index is 623. The van der Waals surface area contributed by atoms with Gasteiger partial charge in [-0.1, -0.05) is 29.8 Å². The molecule has 2 aromatic rings. The quantitative estimate of drug-likeness (QED) is 0.820. The van der Waals surface area contributed by atoms with Gasteiger partial charge >= 0.3 is 0 Å². The largest absolute Gasteiger partial charge is 0.383 e. The van der Waals surface area contributed by atoms with Crippen LogP contribution in [0.25, 0.3) is 0 Å². The van der Waals surface area contributed by atoms with Crippen molar-refractivity contribution in [3.8, 4) is 0 Å². The van der Waals surface area contributed by atoms with Gasteiger partial charge in [0.1, 0.15) is 5.82 Å². The number of benzene rings is 1. The van der Waals surface area contributed by atoms with Crippen LogP contribution in [0.4, 0.5) is 0 Å². The molecule has 1 aromatic carbocycles. The number of methoxy groups -OCH3 is 1. The van der Waals surface area contributed by atoms with Gasteiger partial charge in [0.15, 0.2) is 0 Å². The second kappa shape index (κ2) is 7.75. The molecule has 1 fully saturated rings. The van der Waals surface area contributed by atoms with Gasteiger partial charge < -0.3 is 9.30 Å². The Balaban J connectivity index is 1.64. The molecular formula is C19H27N3O. The number of imidazole rings is 1. The van der Waals surface area contributed by atoms with Crippen LogP contribution in [0.3, 0.4) is 0 Å². The van der Waals surface area contributed by atoms with E-state index >= 15 is 0 Å². The zero-order valence-electron chi connectivity index (χ0n) is 14.2. The number of hydrogen-bond donors (Lipinski definition) is 0. The molecule has 1 saturated heterocycles. The smallest absolute Gasteiger partial charge is 0.122 e. The third-order valence-electron chi connectivity index (χ3n) is 4.72. The molecule has 124 valence electrons. The number of hydrogen-bond acceptors (Lipinski definition) is 3. The second-order valence-electron chi connectivity index (χ2n) is 6.52. The highest BCUT2D eigenvalue weighted by molar-refractivity contribution is 5.26. The predicted octanol–water partition coefficient (Wildman–Crippen LogP) is 3.22. The van der Waals surface area contributed by atoms with E-state index in [-0.39, 0.29) is 0 Å². The molecule has 4 heteroatoms. The van der Waals surface area contributed by atoms with Gasteiger partial charge in [-0.3, -0.25) is 4.90 Å². The summed E-state index contributed by atoms with van der Waals surface area (Å²) in [5, 5.41) is 0. The summed E-state index contributed by atoms with van der Waals surface area (Å²) >= 11 is 0. The first-order chi connectivity index (χ1) is 11.3. The van der Waals surface area contributed by atoms with Crippen LogP contribution in [0.1, 0.15) is 35.7 Å². The van der Waals surface area contributed by atoms with E-state index in [0.29, 0.717) is 5.92 Å². The van der Waals surface area contributed by atoms with Crippen molar-refractivity contribution < 1.29 is 4.74 Å². The first kappa shape index (κ1) is 16.2. The molecule has 0 unspecified atom stereocenters. The molecule has 0 aliphatic carbocycles. The number of nitrogens with zero attached hydrogens (tertiary/aromatic N) is 3. The van der Waals surface area contributed by atoms with Gasteiger partial charge in [-0.25, -0.2) is 4.98 Å². The van der Waals surface area contributed by atoms with Crippen molar-refractivity contribution in [3.05, 3.63) is 53.6 Å². The normalized spacial score (nSPS) is 19.1. The number of rotatable bonds is 6. The summed E-state index contributed by atoms with van der Waals surface area (Å²) in [5.74, 6) is 1.79.